The Hall–Kier alpha value is -3.22. The average molecular weight is 348 g/mol. The van der Waals surface area contributed by atoms with Crippen molar-refractivity contribution in [3.05, 3.63) is 59.5 Å². The van der Waals surface area contributed by atoms with Gasteiger partial charge in [-0.25, -0.2) is 0 Å². The minimum atomic E-state index is 0.727. The number of hydrogen-bond acceptors (Lipinski definition) is 6. The number of aryl methyl sites for hydroxylation is 2. The molecule has 3 heterocycles. The van der Waals surface area contributed by atoms with E-state index in [0.29, 0.717) is 0 Å². The molecule has 0 bridgehead atoms. The van der Waals surface area contributed by atoms with E-state index in [1.807, 2.05) is 56.3 Å². The molecule has 7 nitrogen and oxygen atoms in total. The second kappa shape index (κ2) is 6.95. The normalized spacial score (nSPS) is 11.2. The van der Waals surface area contributed by atoms with Crippen LogP contribution in [0.1, 0.15) is 23.4 Å². The van der Waals surface area contributed by atoms with Gasteiger partial charge in [-0.2, -0.15) is 4.52 Å². The maximum Gasteiger partial charge on any atom is 0.185 e. The summed E-state index contributed by atoms with van der Waals surface area (Å²) in [6.45, 7) is 4.74. The average Bonchev–Trinajstić information content (AvgIpc) is 3.23. The van der Waals surface area contributed by atoms with Crippen LogP contribution in [0.3, 0.4) is 0 Å². The molecule has 0 aliphatic rings. The fraction of sp³-hybridized carbons (Fsp3) is 0.263. The first-order chi connectivity index (χ1) is 12.7. The molecule has 0 atom stereocenters. The predicted molar refractivity (Wildman–Crippen MR) is 99.0 cm³/mol. The third kappa shape index (κ3) is 3.15. The number of hydrogen-bond donors (Lipinski definition) is 1. The number of nitrogens with one attached hydrogen (secondary N) is 1. The number of aromatic nitrogens is 5. The molecule has 7 heteroatoms. The van der Waals surface area contributed by atoms with Gasteiger partial charge < -0.3 is 9.84 Å². The van der Waals surface area contributed by atoms with Gasteiger partial charge in [-0.15, -0.1) is 15.3 Å². The Balaban J connectivity index is 1.46. The molecular formula is C19H20N6O. The predicted octanol–water partition coefficient (Wildman–Crippen LogP) is 3.44. The Morgan fingerprint density at radius 1 is 1.04 bits per heavy atom. The van der Waals surface area contributed by atoms with Gasteiger partial charge in [0.1, 0.15) is 11.6 Å². The molecule has 3 aromatic heterocycles. The van der Waals surface area contributed by atoms with Crippen LogP contribution in [-0.4, -0.2) is 31.5 Å². The zero-order chi connectivity index (χ0) is 17.9. The summed E-state index contributed by atoms with van der Waals surface area (Å²) in [5.41, 5.74) is 3.88. The van der Waals surface area contributed by atoms with E-state index in [4.69, 9.17) is 4.52 Å². The van der Waals surface area contributed by atoms with Gasteiger partial charge in [0.25, 0.3) is 0 Å². The van der Waals surface area contributed by atoms with Gasteiger partial charge in [0.15, 0.2) is 11.5 Å². The number of rotatable bonds is 6. The molecule has 132 valence electrons. The Morgan fingerprint density at radius 3 is 2.65 bits per heavy atom. The molecule has 0 amide bonds. The maximum absolute atomic E-state index is 5.21. The van der Waals surface area contributed by atoms with Gasteiger partial charge in [-0.05, 0) is 38.8 Å². The number of anilines is 1. The quantitative estimate of drug-likeness (QED) is 0.538. The number of nitrogens with zero attached hydrogens (tertiary/aromatic N) is 5. The van der Waals surface area contributed by atoms with Crippen molar-refractivity contribution < 1.29 is 4.52 Å². The van der Waals surface area contributed by atoms with Crippen LogP contribution in [0.15, 0.2) is 47.0 Å². The molecule has 0 saturated carbocycles. The summed E-state index contributed by atoms with van der Waals surface area (Å²) in [5, 5.41) is 20.4. The van der Waals surface area contributed by atoms with Crippen LogP contribution in [0.5, 0.6) is 0 Å². The molecule has 0 saturated heterocycles. The lowest BCUT2D eigenvalue weighted by Gasteiger charge is -2.06. The van der Waals surface area contributed by atoms with E-state index in [-0.39, 0.29) is 0 Å². The molecule has 0 fully saturated rings. The van der Waals surface area contributed by atoms with Gasteiger partial charge >= 0.3 is 0 Å². The van der Waals surface area contributed by atoms with E-state index in [0.717, 1.165) is 53.7 Å². The zero-order valence-corrected chi connectivity index (χ0v) is 14.8. The van der Waals surface area contributed by atoms with Gasteiger partial charge in [0.2, 0.25) is 0 Å². The summed E-state index contributed by atoms with van der Waals surface area (Å²) in [7, 11) is 0. The lowest BCUT2D eigenvalue weighted by atomic mass is 10.1. The van der Waals surface area contributed by atoms with Crippen LogP contribution in [0.25, 0.3) is 17.0 Å². The standard InChI is InChI=1S/C19H20N6O/c1-13-16(14(2)26-24-13)9-6-12-20-17-10-11-18-21-22-19(25(18)23-17)15-7-4-3-5-8-15/h3-5,7-8,10-11H,6,9,12H2,1-2H3,(H,20,23). The molecule has 0 spiro atoms. The van der Waals surface area contributed by atoms with Crippen molar-refractivity contribution >= 4 is 11.5 Å². The lowest BCUT2D eigenvalue weighted by molar-refractivity contribution is 0.392. The largest absolute Gasteiger partial charge is 0.369 e. The van der Waals surface area contributed by atoms with Crippen LogP contribution >= 0.6 is 0 Å². The smallest absolute Gasteiger partial charge is 0.185 e. The van der Waals surface area contributed by atoms with Crippen molar-refractivity contribution in [1.82, 2.24) is 25.0 Å². The molecule has 0 aliphatic carbocycles. The second-order valence-corrected chi connectivity index (χ2v) is 6.21. The van der Waals surface area contributed by atoms with Gasteiger partial charge in [-0.3, -0.25) is 0 Å². The first kappa shape index (κ1) is 16.3. The molecule has 0 radical (unpaired) electrons. The highest BCUT2D eigenvalue weighted by Crippen LogP contribution is 2.18. The SMILES string of the molecule is Cc1noc(C)c1CCCNc1ccc2nnc(-c3ccccc3)n2n1. The van der Waals surface area contributed by atoms with Crippen LogP contribution in [0.2, 0.25) is 0 Å². The molecule has 0 unspecified atom stereocenters. The summed E-state index contributed by atoms with van der Waals surface area (Å²) in [5.74, 6) is 2.44. The lowest BCUT2D eigenvalue weighted by Crippen LogP contribution is -2.07. The third-order valence-corrected chi connectivity index (χ3v) is 4.39. The molecule has 0 aliphatic heterocycles. The summed E-state index contributed by atoms with van der Waals surface area (Å²) < 4.78 is 6.97. The van der Waals surface area contributed by atoms with E-state index in [2.05, 4.69) is 25.8 Å². The van der Waals surface area contributed by atoms with Gasteiger partial charge in [0.05, 0.1) is 5.69 Å². The third-order valence-electron chi connectivity index (χ3n) is 4.39. The Labute approximate surface area is 151 Å². The molecule has 4 rings (SSSR count). The Kier molecular flexibility index (Phi) is 4.35. The van der Waals surface area contributed by atoms with Crippen molar-refractivity contribution in [2.24, 2.45) is 0 Å². The summed E-state index contributed by atoms with van der Waals surface area (Å²) in [4.78, 5) is 0. The van der Waals surface area contributed by atoms with Gasteiger partial charge in [0, 0.05) is 17.7 Å². The highest BCUT2D eigenvalue weighted by molar-refractivity contribution is 5.59. The fourth-order valence-electron chi connectivity index (χ4n) is 2.99. The second-order valence-electron chi connectivity index (χ2n) is 6.21. The Morgan fingerprint density at radius 2 is 1.88 bits per heavy atom. The molecule has 26 heavy (non-hydrogen) atoms. The Bertz CT molecular complexity index is 1000. The summed E-state index contributed by atoms with van der Waals surface area (Å²) >= 11 is 0. The van der Waals surface area contributed by atoms with Crippen LogP contribution in [0, 0.1) is 13.8 Å². The zero-order valence-electron chi connectivity index (χ0n) is 14.8. The molecule has 4 aromatic rings. The van der Waals surface area contributed by atoms with Gasteiger partial charge in [-0.1, -0.05) is 35.5 Å². The highest BCUT2D eigenvalue weighted by Gasteiger charge is 2.10. The van der Waals surface area contributed by atoms with Crippen molar-refractivity contribution in [2.75, 3.05) is 11.9 Å². The minimum Gasteiger partial charge on any atom is -0.369 e. The summed E-state index contributed by atoms with van der Waals surface area (Å²) in [6, 6.07) is 13.8. The molecule has 1 aromatic carbocycles. The van der Waals surface area contributed by atoms with Crippen molar-refractivity contribution in [1.29, 1.82) is 0 Å². The van der Waals surface area contributed by atoms with Crippen molar-refractivity contribution in [3.63, 3.8) is 0 Å². The van der Waals surface area contributed by atoms with E-state index in [1.54, 1.807) is 4.52 Å². The first-order valence-electron chi connectivity index (χ1n) is 8.66. The maximum atomic E-state index is 5.21. The van der Waals surface area contributed by atoms with E-state index < -0.39 is 0 Å². The fourth-order valence-corrected chi connectivity index (χ4v) is 2.99. The first-order valence-corrected chi connectivity index (χ1v) is 8.66. The topological polar surface area (TPSA) is 81.1 Å². The number of fused-ring (bicyclic) bond motifs is 1. The van der Waals surface area contributed by atoms with E-state index >= 15 is 0 Å². The molecule has 1 N–H and O–H groups in total. The number of benzene rings is 1. The van der Waals surface area contributed by atoms with E-state index in [1.165, 1.54) is 5.56 Å². The minimum absolute atomic E-state index is 0.727. The summed E-state index contributed by atoms with van der Waals surface area (Å²) in [6.07, 6.45) is 1.90. The van der Waals surface area contributed by atoms with E-state index in [9.17, 15) is 0 Å². The van der Waals surface area contributed by atoms with Crippen LogP contribution < -0.4 is 5.32 Å². The van der Waals surface area contributed by atoms with Crippen molar-refractivity contribution in [2.45, 2.75) is 26.7 Å². The van der Waals surface area contributed by atoms with Crippen LogP contribution in [-0.2, 0) is 6.42 Å². The molecular weight excluding hydrogens is 328 g/mol. The highest BCUT2D eigenvalue weighted by atomic mass is 16.5. The van der Waals surface area contributed by atoms with Crippen molar-refractivity contribution in [3.8, 4) is 11.4 Å². The van der Waals surface area contributed by atoms with Crippen LogP contribution in [0.4, 0.5) is 5.82 Å². The monoisotopic (exact) mass is 348 g/mol.